The van der Waals surface area contributed by atoms with Crippen LogP contribution in [0.1, 0.15) is 29.8 Å². The second kappa shape index (κ2) is 8.26. The first-order chi connectivity index (χ1) is 10.4. The van der Waals surface area contributed by atoms with Crippen molar-refractivity contribution in [3.63, 3.8) is 0 Å². The highest BCUT2D eigenvalue weighted by molar-refractivity contribution is 5.95. The van der Waals surface area contributed by atoms with Crippen molar-refractivity contribution < 1.29 is 22.8 Å². The molecule has 0 saturated carbocycles. The van der Waals surface area contributed by atoms with E-state index in [-0.39, 0.29) is 18.2 Å². The molecule has 2 amide bonds. The van der Waals surface area contributed by atoms with E-state index in [9.17, 15) is 18.4 Å². The number of alkyl halides is 2. The van der Waals surface area contributed by atoms with E-state index in [2.05, 4.69) is 5.32 Å². The van der Waals surface area contributed by atoms with Crippen molar-refractivity contribution in [2.45, 2.75) is 31.2 Å². The third-order valence-corrected chi connectivity index (χ3v) is 3.62. The second-order valence-electron chi connectivity index (χ2n) is 5.27. The van der Waals surface area contributed by atoms with Crippen LogP contribution < -0.4 is 11.1 Å². The first kappa shape index (κ1) is 19.4. The summed E-state index contributed by atoms with van der Waals surface area (Å²) in [6.07, 6.45) is 3.32. The van der Waals surface area contributed by atoms with Gasteiger partial charge in [0.15, 0.2) is 5.76 Å². The van der Waals surface area contributed by atoms with E-state index in [0.29, 0.717) is 13.0 Å². The zero-order valence-corrected chi connectivity index (χ0v) is 13.3. The minimum Gasteiger partial charge on any atom is -0.459 e. The lowest BCUT2D eigenvalue weighted by Crippen LogP contribution is -2.54. The number of likely N-dealkylation sites (tertiary alicyclic amines) is 1. The summed E-state index contributed by atoms with van der Waals surface area (Å²) in [5.74, 6) is -4.02. The molecule has 1 aromatic heterocycles. The molecule has 1 aliphatic rings. The van der Waals surface area contributed by atoms with Crippen LogP contribution in [-0.4, -0.2) is 48.3 Å². The average molecular weight is 352 g/mol. The number of rotatable bonds is 5. The molecule has 3 N–H and O–H groups in total. The minimum absolute atomic E-state index is 0. The summed E-state index contributed by atoms with van der Waals surface area (Å²) in [5.41, 5.74) is 4.93. The summed E-state index contributed by atoms with van der Waals surface area (Å²) in [7, 11) is 0. The van der Waals surface area contributed by atoms with Crippen molar-refractivity contribution in [1.29, 1.82) is 0 Å². The largest absolute Gasteiger partial charge is 0.459 e. The first-order valence-electron chi connectivity index (χ1n) is 7.15. The molecule has 1 atom stereocenters. The van der Waals surface area contributed by atoms with Gasteiger partial charge in [0.25, 0.3) is 11.8 Å². The predicted molar refractivity (Wildman–Crippen MR) is 81.6 cm³/mol. The van der Waals surface area contributed by atoms with Crippen molar-refractivity contribution in [3.05, 3.63) is 24.2 Å². The fourth-order valence-electron chi connectivity index (χ4n) is 2.40. The van der Waals surface area contributed by atoms with Gasteiger partial charge in [0.1, 0.15) is 6.04 Å². The van der Waals surface area contributed by atoms with Crippen molar-refractivity contribution in [1.82, 2.24) is 10.2 Å². The van der Waals surface area contributed by atoms with Gasteiger partial charge in [-0.2, -0.15) is 0 Å². The van der Waals surface area contributed by atoms with Crippen LogP contribution in [0.15, 0.2) is 22.8 Å². The molecule has 0 bridgehead atoms. The summed E-state index contributed by atoms with van der Waals surface area (Å²) in [6.45, 7) is -1.28. The van der Waals surface area contributed by atoms with Crippen LogP contribution in [0.25, 0.3) is 0 Å². The highest BCUT2D eigenvalue weighted by Crippen LogP contribution is 2.20. The van der Waals surface area contributed by atoms with Gasteiger partial charge in [-0.25, -0.2) is 8.78 Å². The van der Waals surface area contributed by atoms with E-state index in [4.69, 9.17) is 10.2 Å². The molecule has 1 saturated heterocycles. The molecule has 1 fully saturated rings. The number of nitrogens with one attached hydrogen (secondary N) is 1. The van der Waals surface area contributed by atoms with E-state index < -0.39 is 36.9 Å². The third-order valence-electron chi connectivity index (χ3n) is 3.62. The number of carbonyl (C=O) groups is 2. The Morgan fingerprint density at radius 2 is 2.17 bits per heavy atom. The van der Waals surface area contributed by atoms with Crippen LogP contribution in [0, 0.1) is 0 Å². The summed E-state index contributed by atoms with van der Waals surface area (Å²) in [5, 5.41) is 2.18. The Balaban J connectivity index is 0.00000264. The number of nitrogens with two attached hydrogens (primary N) is 1. The van der Waals surface area contributed by atoms with Crippen molar-refractivity contribution in [2.24, 2.45) is 5.73 Å². The van der Waals surface area contributed by atoms with E-state index in [1.165, 1.54) is 17.2 Å². The molecule has 0 aromatic carbocycles. The van der Waals surface area contributed by atoms with E-state index in [1.54, 1.807) is 6.07 Å². The Morgan fingerprint density at radius 3 is 2.78 bits per heavy atom. The fourth-order valence-corrected chi connectivity index (χ4v) is 2.40. The molecule has 0 spiro atoms. The van der Waals surface area contributed by atoms with Gasteiger partial charge in [-0.05, 0) is 31.4 Å². The van der Waals surface area contributed by atoms with Gasteiger partial charge < -0.3 is 20.4 Å². The second-order valence-corrected chi connectivity index (χ2v) is 5.27. The number of halogens is 3. The lowest BCUT2D eigenvalue weighted by atomic mass is 10.0. The minimum atomic E-state index is -3.15. The number of piperidine rings is 1. The zero-order chi connectivity index (χ0) is 16.2. The monoisotopic (exact) mass is 351 g/mol. The van der Waals surface area contributed by atoms with Crippen molar-refractivity contribution in [3.8, 4) is 0 Å². The Kier molecular flexibility index (Phi) is 6.96. The van der Waals surface area contributed by atoms with Crippen LogP contribution in [0.5, 0.6) is 0 Å². The van der Waals surface area contributed by atoms with Gasteiger partial charge in [-0.3, -0.25) is 9.59 Å². The number of nitrogens with zero attached hydrogens (tertiary/aromatic N) is 1. The van der Waals surface area contributed by atoms with Gasteiger partial charge in [0.2, 0.25) is 5.91 Å². The highest BCUT2D eigenvalue weighted by atomic mass is 35.5. The summed E-state index contributed by atoms with van der Waals surface area (Å²) >= 11 is 0. The standard InChI is InChI=1S/C14H19F2N3O3.ClH/c15-14(16,8-17)9-18-12(20)10-4-1-2-6-19(10)13(21)11-5-3-7-22-11;/h3,5,7,10H,1-2,4,6,8-9,17H2,(H,18,20);1H. The number of hydrogen-bond acceptors (Lipinski definition) is 4. The lowest BCUT2D eigenvalue weighted by Gasteiger charge is -2.34. The van der Waals surface area contributed by atoms with Gasteiger partial charge in [-0.15, -0.1) is 12.4 Å². The fraction of sp³-hybridized carbons (Fsp3) is 0.571. The average Bonchev–Trinajstić information content (AvgIpc) is 3.06. The van der Waals surface area contributed by atoms with Gasteiger partial charge in [0, 0.05) is 6.54 Å². The van der Waals surface area contributed by atoms with Crippen LogP contribution in [-0.2, 0) is 4.79 Å². The number of hydrogen-bond donors (Lipinski definition) is 2. The number of amides is 2. The molecule has 0 radical (unpaired) electrons. The molecule has 23 heavy (non-hydrogen) atoms. The summed E-state index contributed by atoms with van der Waals surface area (Å²) < 4.78 is 31.3. The molecule has 0 aliphatic carbocycles. The predicted octanol–water partition coefficient (Wildman–Crippen LogP) is 1.41. The van der Waals surface area contributed by atoms with Crippen LogP contribution in [0.2, 0.25) is 0 Å². The highest BCUT2D eigenvalue weighted by Gasteiger charge is 2.35. The Labute approximate surface area is 138 Å². The zero-order valence-electron chi connectivity index (χ0n) is 12.5. The van der Waals surface area contributed by atoms with E-state index in [1.807, 2.05) is 0 Å². The molecular weight excluding hydrogens is 332 g/mol. The van der Waals surface area contributed by atoms with E-state index in [0.717, 1.165) is 12.8 Å². The van der Waals surface area contributed by atoms with Crippen LogP contribution in [0.3, 0.4) is 0 Å². The first-order valence-corrected chi connectivity index (χ1v) is 7.15. The molecular formula is C14H20ClF2N3O3. The van der Waals surface area contributed by atoms with Gasteiger partial charge in [-0.1, -0.05) is 0 Å². The molecule has 6 nitrogen and oxygen atoms in total. The normalized spacial score (nSPS) is 18.2. The molecule has 1 unspecified atom stereocenters. The molecule has 130 valence electrons. The molecule has 1 aromatic rings. The quantitative estimate of drug-likeness (QED) is 0.839. The maximum absolute atomic E-state index is 13.1. The number of furan rings is 1. The Morgan fingerprint density at radius 1 is 1.43 bits per heavy atom. The van der Waals surface area contributed by atoms with Crippen LogP contribution >= 0.6 is 12.4 Å². The Bertz CT molecular complexity index is 525. The van der Waals surface area contributed by atoms with Gasteiger partial charge in [0.05, 0.1) is 19.4 Å². The van der Waals surface area contributed by atoms with E-state index >= 15 is 0 Å². The van der Waals surface area contributed by atoms with Crippen LogP contribution in [0.4, 0.5) is 8.78 Å². The summed E-state index contributed by atoms with van der Waals surface area (Å²) in [4.78, 5) is 25.8. The van der Waals surface area contributed by atoms with Crippen molar-refractivity contribution >= 4 is 24.2 Å². The smallest absolute Gasteiger partial charge is 0.290 e. The summed E-state index contributed by atoms with van der Waals surface area (Å²) in [6, 6.07) is 2.32. The topological polar surface area (TPSA) is 88.6 Å². The molecule has 9 heteroatoms. The van der Waals surface area contributed by atoms with Gasteiger partial charge >= 0.3 is 0 Å². The maximum Gasteiger partial charge on any atom is 0.290 e. The number of carbonyl (C=O) groups excluding carboxylic acids is 2. The van der Waals surface area contributed by atoms with Crippen molar-refractivity contribution in [2.75, 3.05) is 19.6 Å². The SMILES string of the molecule is Cl.NCC(F)(F)CNC(=O)C1CCCCN1C(=O)c1ccco1. The molecule has 2 heterocycles. The molecule has 2 rings (SSSR count). The molecule has 1 aliphatic heterocycles. The third kappa shape index (κ3) is 4.90. The maximum atomic E-state index is 13.1. The lowest BCUT2D eigenvalue weighted by molar-refractivity contribution is -0.128. The Hall–Kier alpha value is -1.67.